The number of methoxy groups -OCH3 is 1. The number of benzene rings is 1. The number of carbonyl (C=O) groups excluding carboxylic acids is 1. The Morgan fingerprint density at radius 2 is 2.04 bits per heavy atom. The number of ether oxygens (including phenoxy) is 3. The molecule has 0 bridgehead atoms. The van der Waals surface area contributed by atoms with Crippen molar-refractivity contribution < 1.29 is 19.0 Å². The van der Waals surface area contributed by atoms with Gasteiger partial charge < -0.3 is 14.2 Å². The molecule has 0 radical (unpaired) electrons. The maximum atomic E-state index is 11.8. The van der Waals surface area contributed by atoms with E-state index >= 15 is 0 Å². The molecule has 1 aliphatic carbocycles. The highest BCUT2D eigenvalue weighted by molar-refractivity contribution is 5.71. The van der Waals surface area contributed by atoms with E-state index in [2.05, 4.69) is 15.9 Å². The van der Waals surface area contributed by atoms with E-state index in [1.165, 1.54) is 7.11 Å². The van der Waals surface area contributed by atoms with Gasteiger partial charge in [-0.25, -0.2) is 0 Å². The number of hydrogen-bond acceptors (Lipinski definition) is 6. The summed E-state index contributed by atoms with van der Waals surface area (Å²) in [6.45, 7) is 6.19. The van der Waals surface area contributed by atoms with Gasteiger partial charge in [-0.15, -0.1) is 0 Å². The van der Waals surface area contributed by atoms with Gasteiger partial charge >= 0.3 is 5.97 Å². The minimum atomic E-state index is -0.206. The molecule has 0 N–H and O–H groups in total. The summed E-state index contributed by atoms with van der Waals surface area (Å²) in [6.07, 6.45) is 2.64. The highest BCUT2D eigenvalue weighted by atomic mass is 16.5. The molecule has 0 atom stereocenters. The molecule has 0 spiro atoms. The number of morpholine rings is 1. The summed E-state index contributed by atoms with van der Waals surface area (Å²) in [5.74, 6) is 0.730. The lowest BCUT2D eigenvalue weighted by atomic mass is 10.2. The Morgan fingerprint density at radius 3 is 2.76 bits per heavy atom. The zero-order valence-electron chi connectivity index (χ0n) is 15.0. The molecular weight excluding hydrogens is 320 g/mol. The zero-order valence-corrected chi connectivity index (χ0v) is 15.0. The summed E-state index contributed by atoms with van der Waals surface area (Å²) in [4.78, 5) is 16.3. The smallest absolute Gasteiger partial charge is 0.319 e. The van der Waals surface area contributed by atoms with Gasteiger partial charge in [-0.2, -0.15) is 0 Å². The fourth-order valence-corrected chi connectivity index (χ4v) is 2.92. The van der Waals surface area contributed by atoms with Crippen LogP contribution in [-0.2, 0) is 20.8 Å². The van der Waals surface area contributed by atoms with Gasteiger partial charge in [0.2, 0.25) is 0 Å². The summed E-state index contributed by atoms with van der Waals surface area (Å²) < 4.78 is 16.3. The van der Waals surface area contributed by atoms with Crippen LogP contribution in [0.2, 0.25) is 0 Å². The van der Waals surface area contributed by atoms with Gasteiger partial charge in [-0.1, -0.05) is 18.2 Å². The number of para-hydroxylation sites is 1. The minimum absolute atomic E-state index is 0.206. The molecule has 0 amide bonds. The molecule has 1 heterocycles. The van der Waals surface area contributed by atoms with Crippen LogP contribution >= 0.6 is 0 Å². The van der Waals surface area contributed by atoms with Crippen molar-refractivity contribution in [2.75, 3.05) is 53.0 Å². The van der Waals surface area contributed by atoms with Crippen molar-refractivity contribution in [3.63, 3.8) is 0 Å². The molecule has 25 heavy (non-hydrogen) atoms. The quantitative estimate of drug-likeness (QED) is 0.631. The molecule has 6 heteroatoms. The number of hydrogen-bond donors (Lipinski definition) is 0. The van der Waals surface area contributed by atoms with Gasteiger partial charge in [0.1, 0.15) is 5.75 Å². The van der Waals surface area contributed by atoms with E-state index in [1.54, 1.807) is 0 Å². The van der Waals surface area contributed by atoms with Gasteiger partial charge in [0.15, 0.2) is 0 Å². The van der Waals surface area contributed by atoms with Crippen LogP contribution in [0.1, 0.15) is 18.4 Å². The third kappa shape index (κ3) is 5.99. The van der Waals surface area contributed by atoms with E-state index in [1.807, 2.05) is 18.2 Å². The van der Waals surface area contributed by atoms with E-state index in [0.717, 1.165) is 63.5 Å². The highest BCUT2D eigenvalue weighted by Crippen LogP contribution is 2.29. The standard InChI is InChI=1S/C19H28N2O4/c1-23-19(22)15-21(9-8-20-10-12-24-13-11-20)14-16-4-2-3-5-18(16)25-17-6-7-17/h2-5,17H,6-15H2,1H3. The van der Waals surface area contributed by atoms with Gasteiger partial charge in [0, 0.05) is 38.3 Å². The van der Waals surface area contributed by atoms with E-state index in [0.29, 0.717) is 19.2 Å². The number of carbonyl (C=O) groups is 1. The maximum absolute atomic E-state index is 11.8. The molecule has 0 aromatic heterocycles. The first kappa shape index (κ1) is 18.2. The molecular formula is C19H28N2O4. The molecule has 1 saturated heterocycles. The van der Waals surface area contributed by atoms with E-state index in [9.17, 15) is 4.79 Å². The first-order valence-corrected chi connectivity index (χ1v) is 9.08. The van der Waals surface area contributed by atoms with Crippen LogP contribution in [-0.4, -0.2) is 74.9 Å². The van der Waals surface area contributed by atoms with Crippen LogP contribution < -0.4 is 4.74 Å². The number of esters is 1. The fourth-order valence-electron chi connectivity index (χ4n) is 2.92. The molecule has 1 aliphatic heterocycles. The van der Waals surface area contributed by atoms with Crippen LogP contribution in [0.5, 0.6) is 5.75 Å². The summed E-state index contributed by atoms with van der Waals surface area (Å²) >= 11 is 0. The molecule has 1 aromatic rings. The summed E-state index contributed by atoms with van der Waals surface area (Å²) in [6, 6.07) is 8.12. The molecule has 3 rings (SSSR count). The van der Waals surface area contributed by atoms with E-state index in [4.69, 9.17) is 14.2 Å². The second-order valence-corrected chi connectivity index (χ2v) is 6.67. The van der Waals surface area contributed by atoms with Crippen LogP contribution in [0.15, 0.2) is 24.3 Å². The van der Waals surface area contributed by atoms with Crippen molar-refractivity contribution in [1.82, 2.24) is 9.80 Å². The highest BCUT2D eigenvalue weighted by Gasteiger charge is 2.25. The Bertz CT molecular complexity index is 556. The third-order valence-electron chi connectivity index (χ3n) is 4.60. The average molecular weight is 348 g/mol. The lowest BCUT2D eigenvalue weighted by Crippen LogP contribution is -2.42. The van der Waals surface area contributed by atoms with Crippen molar-refractivity contribution in [3.8, 4) is 5.75 Å². The second kappa shape index (κ2) is 9.17. The Kier molecular flexibility index (Phi) is 6.67. The molecule has 0 unspecified atom stereocenters. The Hall–Kier alpha value is -1.63. The summed E-state index contributed by atoms with van der Waals surface area (Å²) in [7, 11) is 1.44. The molecule has 138 valence electrons. The predicted molar refractivity (Wildman–Crippen MR) is 94.6 cm³/mol. The van der Waals surface area contributed by atoms with Crippen molar-refractivity contribution in [3.05, 3.63) is 29.8 Å². The predicted octanol–water partition coefficient (Wildman–Crippen LogP) is 1.54. The molecule has 1 saturated carbocycles. The van der Waals surface area contributed by atoms with Crippen molar-refractivity contribution in [2.45, 2.75) is 25.5 Å². The lowest BCUT2D eigenvalue weighted by Gasteiger charge is -2.30. The number of rotatable bonds is 9. The van der Waals surface area contributed by atoms with Crippen molar-refractivity contribution in [1.29, 1.82) is 0 Å². The van der Waals surface area contributed by atoms with Gasteiger partial charge in [-0.05, 0) is 18.9 Å². The van der Waals surface area contributed by atoms with E-state index < -0.39 is 0 Å². The Morgan fingerprint density at radius 1 is 1.28 bits per heavy atom. The monoisotopic (exact) mass is 348 g/mol. The summed E-state index contributed by atoms with van der Waals surface area (Å²) in [5, 5.41) is 0. The summed E-state index contributed by atoms with van der Waals surface area (Å²) in [5.41, 5.74) is 1.13. The van der Waals surface area contributed by atoms with Crippen LogP contribution in [0.4, 0.5) is 0 Å². The first-order chi connectivity index (χ1) is 12.2. The van der Waals surface area contributed by atoms with Gasteiger partial charge in [-0.3, -0.25) is 14.6 Å². The molecule has 2 aliphatic rings. The van der Waals surface area contributed by atoms with Crippen LogP contribution in [0.25, 0.3) is 0 Å². The second-order valence-electron chi connectivity index (χ2n) is 6.67. The minimum Gasteiger partial charge on any atom is -0.490 e. The lowest BCUT2D eigenvalue weighted by molar-refractivity contribution is -0.142. The SMILES string of the molecule is COC(=O)CN(CCN1CCOCC1)Cc1ccccc1OC1CC1. The first-order valence-electron chi connectivity index (χ1n) is 9.08. The van der Waals surface area contributed by atoms with Crippen LogP contribution in [0.3, 0.4) is 0 Å². The molecule has 2 fully saturated rings. The Labute approximate surface area is 149 Å². The fraction of sp³-hybridized carbons (Fsp3) is 0.632. The van der Waals surface area contributed by atoms with Crippen molar-refractivity contribution in [2.24, 2.45) is 0 Å². The van der Waals surface area contributed by atoms with Gasteiger partial charge in [0.05, 0.1) is 33.0 Å². The topological polar surface area (TPSA) is 51.2 Å². The third-order valence-corrected chi connectivity index (χ3v) is 4.60. The van der Waals surface area contributed by atoms with E-state index in [-0.39, 0.29) is 5.97 Å². The molecule has 6 nitrogen and oxygen atoms in total. The van der Waals surface area contributed by atoms with Gasteiger partial charge in [0.25, 0.3) is 0 Å². The zero-order chi connectivity index (χ0) is 17.5. The Balaban J connectivity index is 1.60. The number of nitrogens with zero attached hydrogens (tertiary/aromatic N) is 2. The average Bonchev–Trinajstić information content (AvgIpc) is 3.46. The largest absolute Gasteiger partial charge is 0.490 e. The normalized spacial score (nSPS) is 18.3. The van der Waals surface area contributed by atoms with Crippen LogP contribution in [0, 0.1) is 0 Å². The van der Waals surface area contributed by atoms with Crippen molar-refractivity contribution >= 4 is 5.97 Å². The molecule has 1 aromatic carbocycles. The maximum Gasteiger partial charge on any atom is 0.319 e.